The maximum Gasteiger partial charge on any atom is 0.104 e. The van der Waals surface area contributed by atoms with Crippen LogP contribution in [-0.2, 0) is 4.33 Å². The van der Waals surface area contributed by atoms with Gasteiger partial charge in [0.2, 0.25) is 0 Å². The summed E-state index contributed by atoms with van der Waals surface area (Å²) < 4.78 is 3.44. The van der Waals surface area contributed by atoms with Gasteiger partial charge in [-0.2, -0.15) is 4.33 Å². The fraction of sp³-hybridized carbons (Fsp3) is 0. The Labute approximate surface area is 40.3 Å². The third-order valence-electron chi connectivity index (χ3n) is 0.0282. The molecule has 0 aromatic carbocycles. The van der Waals surface area contributed by atoms with Crippen LogP contribution in [0.5, 0.6) is 0 Å². The van der Waals surface area contributed by atoms with Gasteiger partial charge in [0.1, 0.15) is 9.21 Å². The zero-order chi connectivity index (χ0) is 3.41. The molecular formula is HIO2S. The highest BCUT2D eigenvalue weighted by atomic mass is 127. The Morgan fingerprint density at radius 1 is 2.00 bits per heavy atom. The fourth-order valence-electron chi connectivity index (χ4n) is 0. The summed E-state index contributed by atoms with van der Waals surface area (Å²) in [6, 6.07) is 0. The summed E-state index contributed by atoms with van der Waals surface area (Å²) in [4.78, 5) is 0. The minimum absolute atomic E-state index is 0.882. The van der Waals surface area contributed by atoms with Crippen molar-refractivity contribution in [1.29, 1.82) is 0 Å². The molecule has 0 radical (unpaired) electrons. The first-order chi connectivity index (χ1) is 1.91. The quantitative estimate of drug-likeness (QED) is 0.295. The van der Waals surface area contributed by atoms with E-state index in [4.69, 9.17) is 5.26 Å². The average molecular weight is 192 g/mol. The summed E-state index contributed by atoms with van der Waals surface area (Å²) >= 11 is 1.80. The van der Waals surface area contributed by atoms with Gasteiger partial charge in [-0.3, -0.25) is 0 Å². The predicted molar refractivity (Wildman–Crippen MR) is 25.3 cm³/mol. The Hall–Kier alpha value is 1.00. The molecule has 26 valence electrons. The van der Waals surface area contributed by atoms with Gasteiger partial charge in [0.05, 0.1) is 0 Å². The first-order valence-corrected chi connectivity index (χ1v) is 3.79. The first-order valence-electron chi connectivity index (χ1n) is 0.504. The molecule has 0 atom stereocenters. The number of halogens is 1. The Kier molecular flexibility index (Phi) is 5.00. The smallest absolute Gasteiger partial charge is 0.104 e. The molecule has 4 heavy (non-hydrogen) atoms. The third kappa shape index (κ3) is 3.00. The molecular weight excluding hydrogens is 191 g/mol. The first kappa shape index (κ1) is 5.00. The van der Waals surface area contributed by atoms with Gasteiger partial charge in [-0.25, -0.2) is 5.26 Å². The standard InChI is InChI=1S/HIO2S/c1-4-3-2/h2H. The number of hydrogen-bond acceptors (Lipinski definition) is 3. The van der Waals surface area contributed by atoms with Gasteiger partial charge < -0.3 is 0 Å². The van der Waals surface area contributed by atoms with E-state index in [1.54, 1.807) is 21.2 Å². The van der Waals surface area contributed by atoms with E-state index in [0.717, 1.165) is 9.21 Å². The minimum atomic E-state index is 0.882. The van der Waals surface area contributed by atoms with Crippen LogP contribution < -0.4 is 0 Å². The molecule has 0 aromatic rings. The zero-order valence-electron chi connectivity index (χ0n) is 1.64. The van der Waals surface area contributed by atoms with E-state index in [0.29, 0.717) is 0 Å². The lowest BCUT2D eigenvalue weighted by molar-refractivity contribution is -0.113. The van der Waals surface area contributed by atoms with Gasteiger partial charge in [-0.1, -0.05) is 0 Å². The van der Waals surface area contributed by atoms with Crippen LogP contribution in [0.25, 0.3) is 0 Å². The van der Waals surface area contributed by atoms with Crippen molar-refractivity contribution in [3.63, 3.8) is 0 Å². The third-order valence-corrected chi connectivity index (χ3v) is 0.567. The molecule has 0 bridgehead atoms. The molecule has 0 amide bonds. The van der Waals surface area contributed by atoms with Gasteiger partial charge in [-0.05, 0) is 0 Å². The van der Waals surface area contributed by atoms with Gasteiger partial charge in [0.15, 0.2) is 0 Å². The van der Waals surface area contributed by atoms with Crippen LogP contribution in [0.4, 0.5) is 0 Å². The second kappa shape index (κ2) is 4.00. The van der Waals surface area contributed by atoms with Crippen LogP contribution >= 0.6 is 30.4 Å². The van der Waals surface area contributed by atoms with Crippen molar-refractivity contribution in [2.75, 3.05) is 0 Å². The summed E-state index contributed by atoms with van der Waals surface area (Å²) in [5, 5.41) is 7.33. The molecule has 0 spiro atoms. The van der Waals surface area contributed by atoms with Crippen molar-refractivity contribution in [2.24, 2.45) is 0 Å². The second-order valence-corrected chi connectivity index (χ2v) is 1.49. The molecule has 0 aliphatic heterocycles. The monoisotopic (exact) mass is 192 g/mol. The average Bonchev–Trinajstić information content (AvgIpc) is 1.37. The van der Waals surface area contributed by atoms with E-state index in [1.807, 2.05) is 0 Å². The Morgan fingerprint density at radius 3 is 2.25 bits per heavy atom. The molecule has 0 aliphatic carbocycles. The lowest BCUT2D eigenvalue weighted by atomic mass is 15.0. The van der Waals surface area contributed by atoms with Gasteiger partial charge in [0.25, 0.3) is 0 Å². The Morgan fingerprint density at radius 2 is 2.25 bits per heavy atom. The highest BCUT2D eigenvalue weighted by Gasteiger charge is 1.59. The van der Waals surface area contributed by atoms with Gasteiger partial charge in [0, 0.05) is 21.2 Å². The molecule has 0 unspecified atom stereocenters. The largest absolute Gasteiger partial charge is 0.239 e. The number of hydrogen-bond donors (Lipinski definition) is 1. The highest BCUT2D eigenvalue weighted by molar-refractivity contribution is 14.2. The van der Waals surface area contributed by atoms with Crippen molar-refractivity contribution in [1.82, 2.24) is 0 Å². The maximum atomic E-state index is 7.33. The van der Waals surface area contributed by atoms with Crippen LogP contribution in [0.3, 0.4) is 0 Å². The summed E-state index contributed by atoms with van der Waals surface area (Å²) in [5.41, 5.74) is 0. The second-order valence-electron chi connectivity index (χ2n) is 0.138. The molecule has 2 nitrogen and oxygen atoms in total. The SMILES string of the molecule is OOSI. The zero-order valence-corrected chi connectivity index (χ0v) is 4.62. The van der Waals surface area contributed by atoms with E-state index in [1.165, 1.54) is 0 Å². The molecule has 0 saturated carbocycles. The topological polar surface area (TPSA) is 29.5 Å². The molecule has 0 fully saturated rings. The number of rotatable bonds is 1. The molecule has 0 aromatic heterocycles. The summed E-state index contributed by atoms with van der Waals surface area (Å²) in [5.74, 6) is 0. The van der Waals surface area contributed by atoms with E-state index in [2.05, 4.69) is 4.33 Å². The molecule has 0 rings (SSSR count). The van der Waals surface area contributed by atoms with Crippen LogP contribution in [0.1, 0.15) is 0 Å². The van der Waals surface area contributed by atoms with E-state index < -0.39 is 0 Å². The van der Waals surface area contributed by atoms with Crippen LogP contribution in [0.2, 0.25) is 0 Å². The predicted octanol–water partition coefficient (Wildman–Crippen LogP) is 1.47. The van der Waals surface area contributed by atoms with Crippen molar-refractivity contribution < 1.29 is 9.59 Å². The molecule has 1 N–H and O–H groups in total. The Bertz CT molecular complexity index is 8.00. The van der Waals surface area contributed by atoms with Crippen molar-refractivity contribution in [2.45, 2.75) is 0 Å². The van der Waals surface area contributed by atoms with E-state index in [-0.39, 0.29) is 0 Å². The lowest BCUT2D eigenvalue weighted by Crippen LogP contribution is -1.49. The van der Waals surface area contributed by atoms with Crippen LogP contribution in [0, 0.1) is 0 Å². The summed E-state index contributed by atoms with van der Waals surface area (Å²) in [7, 11) is 0.882. The van der Waals surface area contributed by atoms with Crippen molar-refractivity contribution in [3.05, 3.63) is 0 Å². The molecule has 0 saturated heterocycles. The van der Waals surface area contributed by atoms with Crippen LogP contribution in [-0.4, -0.2) is 5.26 Å². The highest BCUT2D eigenvalue weighted by Crippen LogP contribution is 2.07. The normalized spacial score (nSPS) is 7.50. The van der Waals surface area contributed by atoms with Gasteiger partial charge in [-0.15, -0.1) is 0 Å². The summed E-state index contributed by atoms with van der Waals surface area (Å²) in [6.45, 7) is 0. The maximum absolute atomic E-state index is 7.33. The van der Waals surface area contributed by atoms with Crippen molar-refractivity contribution >= 4 is 30.4 Å². The minimum Gasteiger partial charge on any atom is -0.239 e. The molecule has 0 aliphatic rings. The summed E-state index contributed by atoms with van der Waals surface area (Å²) in [6.07, 6.45) is 0. The Balaban J connectivity index is 1.97. The van der Waals surface area contributed by atoms with Crippen molar-refractivity contribution in [3.8, 4) is 0 Å². The fourth-order valence-corrected chi connectivity index (χ4v) is 0. The van der Waals surface area contributed by atoms with E-state index in [9.17, 15) is 0 Å². The lowest BCUT2D eigenvalue weighted by Gasteiger charge is -1.68. The van der Waals surface area contributed by atoms with Crippen LogP contribution in [0.15, 0.2) is 0 Å². The van der Waals surface area contributed by atoms with Gasteiger partial charge >= 0.3 is 0 Å². The molecule has 0 heterocycles. The van der Waals surface area contributed by atoms with E-state index >= 15 is 0 Å². The molecule has 4 heteroatoms.